The van der Waals surface area contributed by atoms with Crippen molar-refractivity contribution in [2.24, 2.45) is 5.73 Å². The van der Waals surface area contributed by atoms with E-state index < -0.39 is 5.54 Å². The highest BCUT2D eigenvalue weighted by Gasteiger charge is 2.46. The second kappa shape index (κ2) is 6.12. The van der Waals surface area contributed by atoms with E-state index in [1.807, 2.05) is 48.4 Å². The molecule has 23 heavy (non-hydrogen) atoms. The number of nitrogens with two attached hydrogens (primary N) is 1. The SMILES string of the molecule is CN(C)N(c1ncc2ccccc2n1)C1(C(N)=O)CCCCC1. The number of rotatable bonds is 4. The van der Waals surface area contributed by atoms with Crippen LogP contribution in [0, 0.1) is 0 Å². The number of hydrazine groups is 1. The molecular formula is C17H23N5O. The molecule has 1 aromatic carbocycles. The van der Waals surface area contributed by atoms with E-state index in [9.17, 15) is 4.79 Å². The van der Waals surface area contributed by atoms with Crippen molar-refractivity contribution >= 4 is 22.8 Å². The van der Waals surface area contributed by atoms with Crippen LogP contribution in [0.15, 0.2) is 30.5 Å². The molecule has 3 rings (SSSR count). The van der Waals surface area contributed by atoms with Gasteiger partial charge in [-0.15, -0.1) is 0 Å². The minimum absolute atomic E-state index is 0.303. The first-order valence-electron chi connectivity index (χ1n) is 8.04. The summed E-state index contributed by atoms with van der Waals surface area (Å²) in [7, 11) is 3.80. The summed E-state index contributed by atoms with van der Waals surface area (Å²) in [6, 6.07) is 7.83. The molecule has 1 aromatic heterocycles. The van der Waals surface area contributed by atoms with Crippen molar-refractivity contribution in [2.45, 2.75) is 37.6 Å². The second-order valence-corrected chi connectivity index (χ2v) is 6.34. The third kappa shape index (κ3) is 2.74. The van der Waals surface area contributed by atoms with Gasteiger partial charge in [-0.25, -0.2) is 15.0 Å². The molecule has 2 N–H and O–H groups in total. The van der Waals surface area contributed by atoms with Crippen molar-refractivity contribution in [3.8, 4) is 0 Å². The molecule has 0 saturated heterocycles. The van der Waals surface area contributed by atoms with Gasteiger partial charge in [0.15, 0.2) is 0 Å². The molecule has 1 aliphatic rings. The summed E-state index contributed by atoms with van der Waals surface area (Å²) < 4.78 is 0. The van der Waals surface area contributed by atoms with Crippen molar-refractivity contribution in [3.63, 3.8) is 0 Å². The molecule has 0 spiro atoms. The molecule has 1 heterocycles. The number of nitrogens with zero attached hydrogens (tertiary/aromatic N) is 4. The number of benzene rings is 1. The van der Waals surface area contributed by atoms with Crippen LogP contribution in [0.5, 0.6) is 0 Å². The fraction of sp³-hybridized carbons (Fsp3) is 0.471. The number of anilines is 1. The monoisotopic (exact) mass is 313 g/mol. The Morgan fingerprint density at radius 3 is 2.52 bits per heavy atom. The molecule has 6 heteroatoms. The van der Waals surface area contributed by atoms with E-state index in [1.54, 1.807) is 6.20 Å². The van der Waals surface area contributed by atoms with Gasteiger partial charge in [-0.2, -0.15) is 0 Å². The molecule has 6 nitrogen and oxygen atoms in total. The predicted molar refractivity (Wildman–Crippen MR) is 90.7 cm³/mol. The first kappa shape index (κ1) is 15.7. The molecule has 2 aromatic rings. The number of carbonyl (C=O) groups excluding carboxylic acids is 1. The van der Waals surface area contributed by atoms with Crippen molar-refractivity contribution < 1.29 is 4.79 Å². The van der Waals surface area contributed by atoms with E-state index in [1.165, 1.54) is 0 Å². The first-order valence-corrected chi connectivity index (χ1v) is 8.04. The predicted octanol–water partition coefficient (Wildman–Crippen LogP) is 2.10. The molecular weight excluding hydrogens is 290 g/mol. The summed E-state index contributed by atoms with van der Waals surface area (Å²) in [5.74, 6) is 0.219. The normalized spacial score (nSPS) is 17.3. The van der Waals surface area contributed by atoms with E-state index in [2.05, 4.69) is 9.97 Å². The number of amides is 1. The summed E-state index contributed by atoms with van der Waals surface area (Å²) in [6.45, 7) is 0. The Kier molecular flexibility index (Phi) is 4.17. The van der Waals surface area contributed by atoms with Crippen LogP contribution < -0.4 is 10.7 Å². The zero-order chi connectivity index (χ0) is 16.4. The van der Waals surface area contributed by atoms with Crippen molar-refractivity contribution in [3.05, 3.63) is 30.5 Å². The maximum atomic E-state index is 12.4. The van der Waals surface area contributed by atoms with Gasteiger partial charge in [-0.3, -0.25) is 9.80 Å². The zero-order valence-corrected chi connectivity index (χ0v) is 13.7. The Morgan fingerprint density at radius 2 is 1.87 bits per heavy atom. The highest BCUT2D eigenvalue weighted by atomic mass is 16.2. The number of hydrogen-bond donors (Lipinski definition) is 1. The Balaban J connectivity index is 2.10. The largest absolute Gasteiger partial charge is 0.368 e. The fourth-order valence-corrected chi connectivity index (χ4v) is 3.52. The number of para-hydroxylation sites is 1. The highest BCUT2D eigenvalue weighted by molar-refractivity contribution is 5.88. The summed E-state index contributed by atoms with van der Waals surface area (Å²) in [5.41, 5.74) is 5.94. The van der Waals surface area contributed by atoms with Gasteiger partial charge in [0.1, 0.15) is 5.54 Å². The molecule has 122 valence electrons. The van der Waals surface area contributed by atoms with Crippen molar-refractivity contribution in [1.82, 2.24) is 15.0 Å². The lowest BCUT2D eigenvalue weighted by Crippen LogP contribution is -2.63. The summed E-state index contributed by atoms with van der Waals surface area (Å²) in [6.07, 6.45) is 6.37. The second-order valence-electron chi connectivity index (χ2n) is 6.34. The van der Waals surface area contributed by atoms with E-state index >= 15 is 0 Å². The van der Waals surface area contributed by atoms with Crippen LogP contribution in [0.1, 0.15) is 32.1 Å². The number of carbonyl (C=O) groups is 1. The molecule has 0 aliphatic heterocycles. The first-order chi connectivity index (χ1) is 11.0. The zero-order valence-electron chi connectivity index (χ0n) is 13.7. The average Bonchev–Trinajstić information content (AvgIpc) is 2.55. The third-order valence-corrected chi connectivity index (χ3v) is 4.61. The Labute approximate surface area is 136 Å². The maximum Gasteiger partial charge on any atom is 0.244 e. The van der Waals surface area contributed by atoms with Crippen LogP contribution in [0.2, 0.25) is 0 Å². The van der Waals surface area contributed by atoms with Crippen LogP contribution in [-0.2, 0) is 4.79 Å². The van der Waals surface area contributed by atoms with E-state index in [-0.39, 0.29) is 5.91 Å². The fourth-order valence-electron chi connectivity index (χ4n) is 3.52. The Bertz CT molecular complexity index is 709. The Hall–Kier alpha value is -2.21. The van der Waals surface area contributed by atoms with Crippen LogP contribution in [-0.4, -0.2) is 40.5 Å². The van der Waals surface area contributed by atoms with Gasteiger partial charge in [0, 0.05) is 25.7 Å². The summed E-state index contributed by atoms with van der Waals surface area (Å²) >= 11 is 0. The summed E-state index contributed by atoms with van der Waals surface area (Å²) in [4.78, 5) is 21.5. The minimum atomic E-state index is -0.746. The molecule has 1 fully saturated rings. The average molecular weight is 313 g/mol. The third-order valence-electron chi connectivity index (χ3n) is 4.61. The standard InChI is InChI=1S/C17H23N5O/c1-21(2)22(17(15(18)23)10-6-3-7-11-17)16-19-12-13-8-4-5-9-14(13)20-16/h4-5,8-9,12H,3,6-7,10-11H2,1-2H3,(H2,18,23). The van der Waals surface area contributed by atoms with Gasteiger partial charge in [0.05, 0.1) is 5.52 Å². The Morgan fingerprint density at radius 1 is 1.17 bits per heavy atom. The van der Waals surface area contributed by atoms with E-state index in [0.717, 1.165) is 43.0 Å². The van der Waals surface area contributed by atoms with Gasteiger partial charge in [-0.1, -0.05) is 37.5 Å². The van der Waals surface area contributed by atoms with Gasteiger partial charge >= 0.3 is 0 Å². The molecule has 0 unspecified atom stereocenters. The van der Waals surface area contributed by atoms with Gasteiger partial charge in [0.25, 0.3) is 0 Å². The van der Waals surface area contributed by atoms with Crippen LogP contribution in [0.25, 0.3) is 10.9 Å². The molecule has 0 bridgehead atoms. The lowest BCUT2D eigenvalue weighted by molar-refractivity contribution is -0.125. The van der Waals surface area contributed by atoms with Gasteiger partial charge in [-0.05, 0) is 18.9 Å². The summed E-state index contributed by atoms with van der Waals surface area (Å²) in [5, 5.41) is 4.73. The van der Waals surface area contributed by atoms with Crippen LogP contribution in [0.3, 0.4) is 0 Å². The quantitative estimate of drug-likeness (QED) is 0.875. The lowest BCUT2D eigenvalue weighted by Gasteiger charge is -2.46. The van der Waals surface area contributed by atoms with Gasteiger partial charge < -0.3 is 5.73 Å². The molecule has 0 atom stereocenters. The van der Waals surface area contributed by atoms with E-state index in [4.69, 9.17) is 5.73 Å². The lowest BCUT2D eigenvalue weighted by atomic mass is 9.80. The van der Waals surface area contributed by atoms with Gasteiger partial charge in [0.2, 0.25) is 11.9 Å². The van der Waals surface area contributed by atoms with Crippen molar-refractivity contribution in [2.75, 3.05) is 19.1 Å². The molecule has 0 radical (unpaired) electrons. The maximum absolute atomic E-state index is 12.4. The minimum Gasteiger partial charge on any atom is -0.368 e. The molecule has 1 amide bonds. The van der Waals surface area contributed by atoms with Crippen LogP contribution in [0.4, 0.5) is 5.95 Å². The van der Waals surface area contributed by atoms with E-state index in [0.29, 0.717) is 5.95 Å². The molecule has 1 saturated carbocycles. The van der Waals surface area contributed by atoms with Crippen LogP contribution >= 0.6 is 0 Å². The highest BCUT2D eigenvalue weighted by Crippen LogP contribution is 2.36. The molecule has 1 aliphatic carbocycles. The number of hydrogen-bond acceptors (Lipinski definition) is 5. The number of aromatic nitrogens is 2. The number of primary amides is 1. The smallest absolute Gasteiger partial charge is 0.244 e. The number of fused-ring (bicyclic) bond motifs is 1. The van der Waals surface area contributed by atoms with Crippen molar-refractivity contribution in [1.29, 1.82) is 0 Å². The topological polar surface area (TPSA) is 75.3 Å².